The van der Waals surface area contributed by atoms with Crippen LogP contribution in [0.1, 0.15) is 47.6 Å². The molecule has 1 saturated carbocycles. The van der Waals surface area contributed by atoms with E-state index in [0.29, 0.717) is 36.4 Å². The normalized spacial score (nSPS) is 28.7. The maximum absolute atomic E-state index is 13.1. The van der Waals surface area contributed by atoms with Crippen LogP contribution in [0, 0.1) is 11.8 Å². The second kappa shape index (κ2) is 9.91. The van der Waals surface area contributed by atoms with Crippen molar-refractivity contribution in [2.45, 2.75) is 62.3 Å². The summed E-state index contributed by atoms with van der Waals surface area (Å²) in [5.74, 6) is -2.06. The summed E-state index contributed by atoms with van der Waals surface area (Å²) in [5.41, 5.74) is 1.99. The van der Waals surface area contributed by atoms with Gasteiger partial charge in [0.05, 0.1) is 5.54 Å². The molecule has 3 unspecified atom stereocenters. The number of nitrogens with one attached hydrogen (secondary N) is 1. The van der Waals surface area contributed by atoms with Gasteiger partial charge >= 0.3 is 18.3 Å². The number of carbonyl (C=O) groups is 1. The highest BCUT2D eigenvalue weighted by atomic mass is 32.2. The third-order valence-electron chi connectivity index (χ3n) is 9.11. The smallest absolute Gasteiger partial charge is 0.335 e. The summed E-state index contributed by atoms with van der Waals surface area (Å²) in [7, 11) is -4.25. The zero-order chi connectivity index (χ0) is 29.4. The van der Waals surface area contributed by atoms with E-state index >= 15 is 0 Å². The van der Waals surface area contributed by atoms with E-state index < -0.39 is 40.6 Å². The van der Waals surface area contributed by atoms with E-state index in [9.17, 15) is 39.6 Å². The molecule has 3 atom stereocenters. The van der Waals surface area contributed by atoms with Crippen LogP contribution in [0.4, 0.5) is 26.3 Å². The number of piperidine rings is 1. The average molecular weight is 623 g/mol. The first-order valence-corrected chi connectivity index (χ1v) is 15.7. The number of rotatable bonds is 3. The number of aromatic nitrogens is 1. The fraction of sp³-hybridized carbons (Fsp3) is 0.615. The Hall–Kier alpha value is -2.23. The number of fused-ring (bicyclic) bond motifs is 1. The third-order valence-corrected chi connectivity index (χ3v) is 11.9. The van der Waals surface area contributed by atoms with Gasteiger partial charge < -0.3 is 4.90 Å². The van der Waals surface area contributed by atoms with Gasteiger partial charge in [-0.1, -0.05) is 12.1 Å². The molecular formula is C26H28F6N4O3S2. The van der Waals surface area contributed by atoms with Gasteiger partial charge in [-0.05, 0) is 73.5 Å². The zero-order valence-electron chi connectivity index (χ0n) is 21.8. The molecule has 15 heteroatoms. The van der Waals surface area contributed by atoms with Crippen LogP contribution < -0.4 is 4.72 Å². The van der Waals surface area contributed by atoms with Gasteiger partial charge in [-0.15, -0.1) is 11.3 Å². The molecule has 7 nitrogen and oxygen atoms in total. The molecule has 2 aliphatic carbocycles. The summed E-state index contributed by atoms with van der Waals surface area (Å²) < 4.78 is 106. The average Bonchev–Trinajstić information content (AvgIpc) is 3.52. The number of nitrogens with zero attached hydrogens (tertiary/aromatic N) is 3. The number of likely N-dealkylation sites (tertiary alicyclic amines) is 1. The highest BCUT2D eigenvalue weighted by Crippen LogP contribution is 2.51. The number of hydrogen-bond donors (Lipinski definition) is 1. The van der Waals surface area contributed by atoms with Gasteiger partial charge in [-0.3, -0.25) is 4.79 Å². The van der Waals surface area contributed by atoms with E-state index in [0.717, 1.165) is 37.9 Å². The largest absolute Gasteiger partial charge is 0.471 e. The van der Waals surface area contributed by atoms with E-state index in [-0.39, 0.29) is 37.4 Å². The third kappa shape index (κ3) is 5.38. The predicted molar refractivity (Wildman–Crippen MR) is 138 cm³/mol. The number of thiazole rings is 1. The Labute approximate surface area is 237 Å². The lowest BCUT2D eigenvalue weighted by molar-refractivity contribution is -0.186. The van der Waals surface area contributed by atoms with E-state index in [1.165, 1.54) is 11.3 Å². The molecule has 1 spiro atoms. The summed E-state index contributed by atoms with van der Waals surface area (Å²) >= 11 is 1.46. The van der Waals surface area contributed by atoms with Crippen molar-refractivity contribution in [1.29, 1.82) is 0 Å². The first-order valence-electron chi connectivity index (χ1n) is 13.4. The Bertz CT molecular complexity index is 1450. The Kier molecular flexibility index (Phi) is 6.98. The van der Waals surface area contributed by atoms with E-state index in [2.05, 4.69) is 9.71 Å². The van der Waals surface area contributed by atoms with Gasteiger partial charge in [-0.2, -0.15) is 43.8 Å². The summed E-state index contributed by atoms with van der Waals surface area (Å²) in [4.78, 5) is 17.9. The highest BCUT2D eigenvalue weighted by Gasteiger charge is 2.60. The zero-order valence-corrected chi connectivity index (χ0v) is 23.4. The van der Waals surface area contributed by atoms with Crippen molar-refractivity contribution in [3.63, 3.8) is 0 Å². The minimum Gasteiger partial charge on any atom is -0.335 e. The second-order valence-corrected chi connectivity index (χ2v) is 14.3. The van der Waals surface area contributed by atoms with E-state index in [1.54, 1.807) is 6.20 Å². The van der Waals surface area contributed by atoms with Crippen LogP contribution in [0.2, 0.25) is 0 Å². The first kappa shape index (κ1) is 28.9. The van der Waals surface area contributed by atoms with Gasteiger partial charge in [0.2, 0.25) is 0 Å². The van der Waals surface area contributed by atoms with Crippen molar-refractivity contribution in [3.05, 3.63) is 40.4 Å². The van der Waals surface area contributed by atoms with Crippen LogP contribution in [0.15, 0.2) is 24.4 Å². The molecular weight excluding hydrogens is 594 g/mol. The molecule has 41 heavy (non-hydrogen) atoms. The fourth-order valence-corrected chi connectivity index (χ4v) is 9.92. The molecule has 1 N–H and O–H groups in total. The number of halogens is 6. The Balaban J connectivity index is 1.18. The summed E-state index contributed by atoms with van der Waals surface area (Å²) in [6.07, 6.45) is -4.40. The Morgan fingerprint density at radius 1 is 1.02 bits per heavy atom. The quantitative estimate of drug-likeness (QED) is 0.506. The lowest BCUT2D eigenvalue weighted by atomic mass is 9.79. The van der Waals surface area contributed by atoms with Gasteiger partial charge in [0.25, 0.3) is 10.2 Å². The van der Waals surface area contributed by atoms with Crippen LogP contribution in [-0.2, 0) is 27.8 Å². The molecule has 6 rings (SSSR count). The van der Waals surface area contributed by atoms with Crippen molar-refractivity contribution in [3.8, 4) is 10.6 Å². The summed E-state index contributed by atoms with van der Waals surface area (Å²) in [5, 5.41) is 0.749. The first-order chi connectivity index (χ1) is 19.1. The van der Waals surface area contributed by atoms with Crippen molar-refractivity contribution >= 4 is 27.5 Å². The van der Waals surface area contributed by atoms with E-state index in [4.69, 9.17) is 0 Å². The van der Waals surface area contributed by atoms with Gasteiger partial charge in [0.1, 0.15) is 11.6 Å². The molecule has 2 aliphatic heterocycles. The minimum absolute atomic E-state index is 0.00462. The van der Waals surface area contributed by atoms with Crippen LogP contribution in [0.3, 0.4) is 0 Å². The minimum atomic E-state index is -4.88. The standard InChI is InChI=1S/C26H28F6N4O3S2/c27-25(28,29)14-36-13-24(34-41(36,38)39)19-3-4-20(24)11-18-9-17(2-1-16(18)10-19)22-33-12-21(40-22)15-5-7-35(8-6-15)23(37)26(30,31)32/h1-2,9,12,15,19-20,34H,3-8,10-11,13-14H2. The van der Waals surface area contributed by atoms with Crippen molar-refractivity contribution in [1.82, 2.24) is 18.9 Å². The molecule has 3 heterocycles. The van der Waals surface area contributed by atoms with Crippen LogP contribution >= 0.6 is 11.3 Å². The van der Waals surface area contributed by atoms with Crippen LogP contribution in [0.25, 0.3) is 10.6 Å². The Morgan fingerprint density at radius 3 is 2.32 bits per heavy atom. The number of alkyl halides is 6. The fourth-order valence-electron chi connectivity index (χ4n) is 7.13. The lowest BCUT2D eigenvalue weighted by Crippen LogP contribution is -2.52. The second-order valence-electron chi connectivity index (χ2n) is 11.5. The summed E-state index contributed by atoms with van der Waals surface area (Å²) in [6.45, 7) is -1.65. The van der Waals surface area contributed by atoms with Crippen LogP contribution in [0.5, 0.6) is 0 Å². The number of carbonyl (C=O) groups excluding carboxylic acids is 1. The molecule has 3 fully saturated rings. The van der Waals surface area contributed by atoms with Gasteiger partial charge in [-0.25, -0.2) is 4.98 Å². The maximum atomic E-state index is 13.1. The molecule has 1 aromatic carbocycles. The molecule has 0 radical (unpaired) electrons. The highest BCUT2D eigenvalue weighted by molar-refractivity contribution is 7.87. The molecule has 1 amide bonds. The molecule has 2 saturated heterocycles. The van der Waals surface area contributed by atoms with Crippen LogP contribution in [-0.4, -0.2) is 72.6 Å². The predicted octanol–water partition coefficient (Wildman–Crippen LogP) is 4.65. The number of amides is 1. The van der Waals surface area contributed by atoms with Gasteiger partial charge in [0.15, 0.2) is 0 Å². The van der Waals surface area contributed by atoms with Crippen molar-refractivity contribution in [2.24, 2.45) is 11.8 Å². The lowest BCUT2D eigenvalue weighted by Gasteiger charge is -2.33. The molecule has 1 aromatic heterocycles. The monoisotopic (exact) mass is 622 g/mol. The summed E-state index contributed by atoms with van der Waals surface area (Å²) in [6, 6.07) is 5.94. The Morgan fingerprint density at radius 2 is 1.68 bits per heavy atom. The molecule has 224 valence electrons. The molecule has 2 aromatic rings. The molecule has 2 bridgehead atoms. The van der Waals surface area contributed by atoms with Crippen molar-refractivity contribution < 1.29 is 39.6 Å². The number of benzene rings is 1. The van der Waals surface area contributed by atoms with E-state index in [1.807, 2.05) is 18.2 Å². The topological polar surface area (TPSA) is 82.6 Å². The van der Waals surface area contributed by atoms with Crippen molar-refractivity contribution in [2.75, 3.05) is 26.2 Å². The SMILES string of the molecule is O=C(N1CCC(c2cnc(-c3ccc4c(c3)CC3CCC(C4)C34CN(CC(F)(F)F)S(=O)(=O)N4)s2)CC1)C(F)(F)F. The van der Waals surface area contributed by atoms with Gasteiger partial charge in [0, 0.05) is 36.3 Å². The number of hydrogen-bond acceptors (Lipinski definition) is 5. The molecule has 4 aliphatic rings. The maximum Gasteiger partial charge on any atom is 0.471 e.